The molecule has 0 bridgehead atoms. The van der Waals surface area contributed by atoms with E-state index >= 15 is 0 Å². The lowest BCUT2D eigenvalue weighted by Crippen LogP contribution is -2.25. The van der Waals surface area contributed by atoms with Crippen LogP contribution in [0.25, 0.3) is 0 Å². The largest absolute Gasteiger partial charge is 0.298 e. The van der Waals surface area contributed by atoms with E-state index in [1.807, 2.05) is 24.6 Å². The molecular weight excluding hydrogens is 152 g/mol. The van der Waals surface area contributed by atoms with E-state index in [4.69, 9.17) is 0 Å². The molecule has 0 unspecified atom stereocenters. The lowest BCUT2D eigenvalue weighted by molar-refractivity contribution is -0.120. The highest BCUT2D eigenvalue weighted by molar-refractivity contribution is 8.77. The predicted molar refractivity (Wildman–Crippen MR) is 43.7 cm³/mol. The average Bonchev–Trinajstić information content (AvgIpc) is 1.83. The quantitative estimate of drug-likeness (QED) is 0.507. The Morgan fingerprint density at radius 3 is 2.67 bits per heavy atom. The molecule has 52 valence electrons. The van der Waals surface area contributed by atoms with E-state index in [1.165, 1.54) is 0 Å². The van der Waals surface area contributed by atoms with Crippen molar-refractivity contribution >= 4 is 27.4 Å². The summed E-state index contributed by atoms with van der Waals surface area (Å²) < 4.78 is 0. The van der Waals surface area contributed by atoms with Crippen LogP contribution in [0.3, 0.4) is 0 Å². The molecule has 1 aliphatic rings. The van der Waals surface area contributed by atoms with E-state index in [9.17, 15) is 4.79 Å². The van der Waals surface area contributed by atoms with Crippen molar-refractivity contribution in [2.24, 2.45) is 5.92 Å². The van der Waals surface area contributed by atoms with Gasteiger partial charge in [-0.25, -0.2) is 0 Å². The third-order valence-corrected chi connectivity index (χ3v) is 4.39. The van der Waals surface area contributed by atoms with Gasteiger partial charge in [0.1, 0.15) is 5.78 Å². The maximum Gasteiger partial charge on any atom is 0.150 e. The number of hydrogen-bond donors (Lipinski definition) is 0. The SMILES string of the molecule is C[C@@H]1CSS[C@@H](C)C1=O. The van der Waals surface area contributed by atoms with Gasteiger partial charge in [0, 0.05) is 11.7 Å². The van der Waals surface area contributed by atoms with Crippen LogP contribution >= 0.6 is 21.6 Å². The van der Waals surface area contributed by atoms with E-state index in [-0.39, 0.29) is 11.2 Å². The van der Waals surface area contributed by atoms with Gasteiger partial charge in [-0.3, -0.25) is 4.79 Å². The Kier molecular flexibility index (Phi) is 2.47. The molecule has 0 spiro atoms. The van der Waals surface area contributed by atoms with Gasteiger partial charge in [-0.2, -0.15) is 0 Å². The first-order chi connectivity index (χ1) is 4.22. The van der Waals surface area contributed by atoms with Gasteiger partial charge in [-0.1, -0.05) is 28.5 Å². The molecule has 1 fully saturated rings. The molecule has 2 atom stereocenters. The molecule has 0 aliphatic carbocycles. The summed E-state index contributed by atoms with van der Waals surface area (Å²) in [6, 6.07) is 0. The second kappa shape index (κ2) is 2.97. The number of ketones is 1. The lowest BCUT2D eigenvalue weighted by Gasteiger charge is -2.20. The Balaban J connectivity index is 2.52. The van der Waals surface area contributed by atoms with Crippen LogP contribution in [-0.4, -0.2) is 16.8 Å². The molecule has 1 nitrogen and oxygen atoms in total. The van der Waals surface area contributed by atoms with Crippen LogP contribution in [0.1, 0.15) is 13.8 Å². The van der Waals surface area contributed by atoms with E-state index in [0.29, 0.717) is 5.78 Å². The van der Waals surface area contributed by atoms with Gasteiger partial charge in [0.15, 0.2) is 0 Å². The fraction of sp³-hybridized carbons (Fsp3) is 0.833. The number of carbonyl (C=O) groups is 1. The third kappa shape index (κ3) is 1.64. The van der Waals surface area contributed by atoms with Crippen molar-refractivity contribution in [3.8, 4) is 0 Å². The van der Waals surface area contributed by atoms with Gasteiger partial charge in [0.05, 0.1) is 5.25 Å². The van der Waals surface area contributed by atoms with Gasteiger partial charge in [0.25, 0.3) is 0 Å². The molecule has 0 aromatic carbocycles. The molecule has 0 aromatic heterocycles. The van der Waals surface area contributed by atoms with Crippen molar-refractivity contribution in [1.82, 2.24) is 0 Å². The predicted octanol–water partition coefficient (Wildman–Crippen LogP) is 1.98. The van der Waals surface area contributed by atoms with Gasteiger partial charge in [0.2, 0.25) is 0 Å². The number of carbonyl (C=O) groups excluding carboxylic acids is 1. The third-order valence-electron chi connectivity index (χ3n) is 1.42. The molecular formula is C6H10OS2. The van der Waals surface area contributed by atoms with Gasteiger partial charge < -0.3 is 0 Å². The van der Waals surface area contributed by atoms with E-state index in [0.717, 1.165) is 5.75 Å². The summed E-state index contributed by atoms with van der Waals surface area (Å²) in [6.07, 6.45) is 0. The number of hydrogen-bond acceptors (Lipinski definition) is 3. The molecule has 0 aromatic rings. The molecule has 1 saturated heterocycles. The highest BCUT2D eigenvalue weighted by atomic mass is 33.1. The maximum absolute atomic E-state index is 11.1. The summed E-state index contributed by atoms with van der Waals surface area (Å²) in [5.74, 6) is 1.69. The molecule has 0 radical (unpaired) electrons. The number of Topliss-reactive ketones (excluding diaryl/α,β-unsaturated/α-hetero) is 1. The van der Waals surface area contributed by atoms with Gasteiger partial charge in [-0.05, 0) is 6.92 Å². The fourth-order valence-electron chi connectivity index (χ4n) is 0.774. The summed E-state index contributed by atoms with van der Waals surface area (Å²) in [5, 5.41) is 0.221. The van der Waals surface area contributed by atoms with E-state index in [2.05, 4.69) is 0 Å². The van der Waals surface area contributed by atoms with Crippen molar-refractivity contribution in [1.29, 1.82) is 0 Å². The summed E-state index contributed by atoms with van der Waals surface area (Å²) in [7, 11) is 3.51. The van der Waals surface area contributed by atoms with Crippen molar-refractivity contribution in [2.75, 3.05) is 5.75 Å². The Morgan fingerprint density at radius 1 is 1.56 bits per heavy atom. The Hall–Kier alpha value is 0.370. The second-order valence-electron chi connectivity index (χ2n) is 2.33. The Morgan fingerprint density at radius 2 is 2.22 bits per heavy atom. The maximum atomic E-state index is 11.1. The number of rotatable bonds is 0. The molecule has 9 heavy (non-hydrogen) atoms. The van der Waals surface area contributed by atoms with Crippen molar-refractivity contribution < 1.29 is 4.79 Å². The fourth-order valence-corrected chi connectivity index (χ4v) is 3.50. The zero-order chi connectivity index (χ0) is 6.85. The second-order valence-corrected chi connectivity index (χ2v) is 5.08. The minimum atomic E-state index is 0.221. The molecule has 0 saturated carbocycles. The first-order valence-electron chi connectivity index (χ1n) is 3.04. The van der Waals surface area contributed by atoms with Gasteiger partial charge >= 0.3 is 0 Å². The normalized spacial score (nSPS) is 36.9. The summed E-state index contributed by atoms with van der Waals surface area (Å²) in [5.41, 5.74) is 0. The highest BCUT2D eigenvalue weighted by Gasteiger charge is 2.25. The molecule has 1 heterocycles. The molecule has 1 aliphatic heterocycles. The lowest BCUT2D eigenvalue weighted by atomic mass is 10.1. The van der Waals surface area contributed by atoms with Crippen molar-refractivity contribution in [3.63, 3.8) is 0 Å². The van der Waals surface area contributed by atoms with Crippen LogP contribution in [0.4, 0.5) is 0 Å². The minimum Gasteiger partial charge on any atom is -0.298 e. The minimum absolute atomic E-state index is 0.221. The summed E-state index contributed by atoms with van der Waals surface area (Å²) in [4.78, 5) is 11.1. The molecule has 0 amide bonds. The standard InChI is InChI=1S/C6H10OS2/c1-4-3-8-9-5(2)6(4)7/h4-5H,3H2,1-2H3/t4-,5+/m1/s1. The topological polar surface area (TPSA) is 17.1 Å². The first-order valence-corrected chi connectivity index (χ1v) is 5.42. The molecule has 3 heteroatoms. The van der Waals surface area contributed by atoms with Crippen molar-refractivity contribution in [3.05, 3.63) is 0 Å². The van der Waals surface area contributed by atoms with Crippen LogP contribution in [0.2, 0.25) is 0 Å². The zero-order valence-corrected chi connectivity index (χ0v) is 7.22. The zero-order valence-electron chi connectivity index (χ0n) is 5.59. The van der Waals surface area contributed by atoms with Gasteiger partial charge in [-0.15, -0.1) is 0 Å². The van der Waals surface area contributed by atoms with E-state index < -0.39 is 0 Å². The average molecular weight is 162 g/mol. The monoisotopic (exact) mass is 162 g/mol. The van der Waals surface area contributed by atoms with Crippen LogP contribution in [0, 0.1) is 5.92 Å². The molecule has 0 N–H and O–H groups in total. The molecule has 1 rings (SSSR count). The summed E-state index contributed by atoms with van der Waals surface area (Å²) in [6.45, 7) is 3.99. The van der Waals surface area contributed by atoms with E-state index in [1.54, 1.807) is 10.8 Å². The van der Waals surface area contributed by atoms with Crippen LogP contribution in [0.5, 0.6) is 0 Å². The van der Waals surface area contributed by atoms with Crippen molar-refractivity contribution in [2.45, 2.75) is 19.1 Å². The first kappa shape index (κ1) is 7.48. The smallest absolute Gasteiger partial charge is 0.150 e. The Labute approximate surface area is 63.4 Å². The van der Waals surface area contributed by atoms with Crippen LogP contribution in [0.15, 0.2) is 0 Å². The highest BCUT2D eigenvalue weighted by Crippen LogP contribution is 2.35. The summed E-state index contributed by atoms with van der Waals surface area (Å²) >= 11 is 0. The Bertz CT molecular complexity index is 112. The van der Waals surface area contributed by atoms with Crippen LogP contribution in [-0.2, 0) is 4.79 Å². The van der Waals surface area contributed by atoms with Crippen LogP contribution < -0.4 is 0 Å².